The molecule has 3 aromatic rings. The van der Waals surface area contributed by atoms with Gasteiger partial charge < -0.3 is 0 Å². The topological polar surface area (TPSA) is 30.7 Å². The first kappa shape index (κ1) is 15.3. The van der Waals surface area contributed by atoms with Crippen molar-refractivity contribution in [3.63, 3.8) is 0 Å². The molecule has 2 heterocycles. The zero-order chi connectivity index (χ0) is 16.2. The maximum atomic E-state index is 4.39. The molecule has 0 bridgehead atoms. The smallest absolute Gasteiger partial charge is 0.137 e. The van der Waals surface area contributed by atoms with Crippen LogP contribution in [-0.4, -0.2) is 22.8 Å². The molecule has 2 aromatic carbocycles. The van der Waals surface area contributed by atoms with E-state index in [0.717, 1.165) is 6.17 Å². The van der Waals surface area contributed by atoms with Gasteiger partial charge in [-0.1, -0.05) is 91.1 Å². The minimum absolute atomic E-state index is 1.07. The lowest BCUT2D eigenvalue weighted by molar-refractivity contribution is 0.663. The summed E-state index contributed by atoms with van der Waals surface area (Å²) in [5, 5.41) is 5.97. The molecule has 0 unspecified atom stereocenters. The molecule has 1 aromatic heterocycles. The molecule has 24 heavy (non-hydrogen) atoms. The van der Waals surface area contributed by atoms with Crippen LogP contribution in [0.25, 0.3) is 11.1 Å². The van der Waals surface area contributed by atoms with Crippen LogP contribution in [0, 0.1) is 0 Å². The fourth-order valence-corrected chi connectivity index (χ4v) is 8.87. The standard InChI is InChI=1S/C20H23N3Si/c1-3-7-18(8-4-1)19-9-11-20(12-10-19)24(13-5-2-6-14-24)17-23-16-21-15-22-23/h1,3-4,7-12,15-16H,2,5-6,13-14,17H2. The fourth-order valence-electron chi connectivity index (χ4n) is 4.04. The van der Waals surface area contributed by atoms with Gasteiger partial charge in [0.1, 0.15) is 20.7 Å². The van der Waals surface area contributed by atoms with Gasteiger partial charge in [0.15, 0.2) is 0 Å². The van der Waals surface area contributed by atoms with E-state index in [1.165, 1.54) is 42.5 Å². The average molecular weight is 334 g/mol. The van der Waals surface area contributed by atoms with Crippen LogP contribution < -0.4 is 5.19 Å². The van der Waals surface area contributed by atoms with Gasteiger partial charge in [-0.3, -0.25) is 4.68 Å². The Morgan fingerprint density at radius 1 is 0.833 bits per heavy atom. The van der Waals surface area contributed by atoms with Crippen molar-refractivity contribution in [3.05, 3.63) is 67.3 Å². The zero-order valence-corrected chi connectivity index (χ0v) is 14.9. The largest absolute Gasteiger partial charge is 0.256 e. The molecule has 1 saturated heterocycles. The Kier molecular flexibility index (Phi) is 4.30. The molecule has 0 radical (unpaired) electrons. The number of hydrogen-bond donors (Lipinski definition) is 0. The second-order valence-corrected chi connectivity index (χ2v) is 11.3. The summed E-state index contributed by atoms with van der Waals surface area (Å²) in [6, 6.07) is 22.8. The maximum Gasteiger partial charge on any atom is 0.137 e. The third-order valence-electron chi connectivity index (χ3n) is 5.35. The van der Waals surface area contributed by atoms with Crippen molar-refractivity contribution in [2.24, 2.45) is 0 Å². The van der Waals surface area contributed by atoms with Crippen LogP contribution in [0.1, 0.15) is 19.3 Å². The van der Waals surface area contributed by atoms with Gasteiger partial charge in [-0.2, -0.15) is 5.10 Å². The van der Waals surface area contributed by atoms with E-state index in [9.17, 15) is 0 Å². The summed E-state index contributed by atoms with van der Waals surface area (Å²) in [7, 11) is -1.53. The molecule has 1 aliphatic rings. The van der Waals surface area contributed by atoms with Gasteiger partial charge >= 0.3 is 0 Å². The Balaban J connectivity index is 1.65. The Morgan fingerprint density at radius 3 is 2.21 bits per heavy atom. The van der Waals surface area contributed by atoms with E-state index in [2.05, 4.69) is 69.4 Å². The summed E-state index contributed by atoms with van der Waals surface area (Å²) < 4.78 is 2.06. The van der Waals surface area contributed by atoms with E-state index in [1.807, 2.05) is 6.33 Å². The maximum absolute atomic E-state index is 4.39. The summed E-state index contributed by atoms with van der Waals surface area (Å²) in [4.78, 5) is 4.14. The zero-order valence-electron chi connectivity index (χ0n) is 13.9. The van der Waals surface area contributed by atoms with Crippen LogP contribution in [0.15, 0.2) is 67.3 Å². The van der Waals surface area contributed by atoms with Crippen LogP contribution in [-0.2, 0) is 6.17 Å². The van der Waals surface area contributed by atoms with Crippen molar-refractivity contribution in [2.45, 2.75) is 37.5 Å². The van der Waals surface area contributed by atoms with Gasteiger partial charge in [0.2, 0.25) is 0 Å². The predicted octanol–water partition coefficient (Wildman–Crippen LogP) is 4.02. The van der Waals surface area contributed by atoms with E-state index < -0.39 is 8.07 Å². The molecule has 3 nitrogen and oxygen atoms in total. The first-order valence-electron chi connectivity index (χ1n) is 8.84. The van der Waals surface area contributed by atoms with Gasteiger partial charge in [0, 0.05) is 6.17 Å². The molecule has 0 atom stereocenters. The molecule has 1 aliphatic heterocycles. The van der Waals surface area contributed by atoms with Crippen molar-refractivity contribution < 1.29 is 0 Å². The summed E-state index contributed by atoms with van der Waals surface area (Å²) in [6.45, 7) is 0. The molecule has 0 N–H and O–H groups in total. The van der Waals surface area contributed by atoms with Gasteiger partial charge in [-0.25, -0.2) is 4.98 Å². The second-order valence-electron chi connectivity index (χ2n) is 6.88. The summed E-state index contributed by atoms with van der Waals surface area (Å²) in [5.41, 5.74) is 2.60. The van der Waals surface area contributed by atoms with Crippen molar-refractivity contribution in [3.8, 4) is 11.1 Å². The first-order chi connectivity index (χ1) is 11.9. The van der Waals surface area contributed by atoms with Gasteiger partial charge in [0.05, 0.1) is 0 Å². The normalized spacial score (nSPS) is 16.8. The van der Waals surface area contributed by atoms with Crippen molar-refractivity contribution in [2.75, 3.05) is 0 Å². The summed E-state index contributed by atoms with van der Waals surface area (Å²) >= 11 is 0. The summed E-state index contributed by atoms with van der Waals surface area (Å²) in [6.07, 6.45) is 8.71. The molecule has 122 valence electrons. The summed E-state index contributed by atoms with van der Waals surface area (Å²) in [5.74, 6) is 0. The highest BCUT2D eigenvalue weighted by Crippen LogP contribution is 2.30. The third kappa shape index (κ3) is 3.06. The van der Waals surface area contributed by atoms with E-state index in [0.29, 0.717) is 0 Å². The number of rotatable bonds is 4. The second kappa shape index (κ2) is 6.73. The van der Waals surface area contributed by atoms with Gasteiger partial charge in [-0.05, 0) is 11.1 Å². The fraction of sp³-hybridized carbons (Fsp3) is 0.300. The molecule has 4 heteroatoms. The number of nitrogens with zero attached hydrogens (tertiary/aromatic N) is 3. The molecule has 0 saturated carbocycles. The molecule has 1 fully saturated rings. The highest BCUT2D eigenvalue weighted by molar-refractivity contribution is 6.91. The minimum Gasteiger partial charge on any atom is -0.256 e. The van der Waals surface area contributed by atoms with Crippen LogP contribution in [0.3, 0.4) is 0 Å². The molecule has 4 rings (SSSR count). The lowest BCUT2D eigenvalue weighted by Gasteiger charge is -2.35. The Bertz CT molecular complexity index is 760. The minimum atomic E-state index is -1.53. The van der Waals surface area contributed by atoms with Crippen LogP contribution >= 0.6 is 0 Å². The first-order valence-corrected chi connectivity index (χ1v) is 11.5. The van der Waals surface area contributed by atoms with Gasteiger partial charge in [0.25, 0.3) is 0 Å². The number of aromatic nitrogens is 3. The van der Waals surface area contributed by atoms with E-state index in [-0.39, 0.29) is 0 Å². The molecular weight excluding hydrogens is 310 g/mol. The predicted molar refractivity (Wildman–Crippen MR) is 101 cm³/mol. The van der Waals surface area contributed by atoms with Gasteiger partial charge in [-0.15, -0.1) is 0 Å². The average Bonchev–Trinajstić information content (AvgIpc) is 3.16. The highest BCUT2D eigenvalue weighted by atomic mass is 28.3. The Hall–Kier alpha value is -2.20. The molecule has 0 aliphatic carbocycles. The Morgan fingerprint density at radius 2 is 1.54 bits per heavy atom. The van der Waals surface area contributed by atoms with Crippen LogP contribution in [0.2, 0.25) is 12.1 Å². The molecule has 0 spiro atoms. The quantitative estimate of drug-likeness (QED) is 0.675. The lowest BCUT2D eigenvalue weighted by atomic mass is 10.1. The molecule has 0 amide bonds. The van der Waals surface area contributed by atoms with Crippen LogP contribution in [0.5, 0.6) is 0 Å². The molecular formula is C20H23N3Si. The van der Waals surface area contributed by atoms with Crippen LogP contribution in [0.4, 0.5) is 0 Å². The van der Waals surface area contributed by atoms with E-state index >= 15 is 0 Å². The van der Waals surface area contributed by atoms with E-state index in [4.69, 9.17) is 0 Å². The van der Waals surface area contributed by atoms with E-state index in [1.54, 1.807) is 11.5 Å². The third-order valence-corrected chi connectivity index (χ3v) is 10.5. The number of hydrogen-bond acceptors (Lipinski definition) is 2. The van der Waals surface area contributed by atoms with Crippen molar-refractivity contribution >= 4 is 13.3 Å². The van der Waals surface area contributed by atoms with Crippen molar-refractivity contribution in [1.29, 1.82) is 0 Å². The Labute approximate surface area is 144 Å². The monoisotopic (exact) mass is 333 g/mol. The lowest BCUT2D eigenvalue weighted by Crippen LogP contribution is -2.52. The van der Waals surface area contributed by atoms with Crippen molar-refractivity contribution in [1.82, 2.24) is 14.8 Å². The highest BCUT2D eigenvalue weighted by Gasteiger charge is 2.37. The SMILES string of the molecule is c1ccc(-c2ccc([Si]3(Cn4cncn4)CCCCC3)cc2)cc1. The number of benzene rings is 2.